The van der Waals surface area contributed by atoms with E-state index in [-0.39, 0.29) is 12.4 Å². The number of ether oxygens (including phenoxy) is 6. The molecule has 65 heavy (non-hydrogen) atoms. The smallest absolute Gasteiger partial charge is 0.497 e. The molecular weight excluding hydrogens is 860 g/mol. The average Bonchev–Trinajstić information content (AvgIpc) is 3.59. The number of hydrogen-bond donors (Lipinski definition) is 3. The van der Waals surface area contributed by atoms with E-state index < -0.39 is 68.9 Å². The van der Waals surface area contributed by atoms with Crippen molar-refractivity contribution in [3.8, 4) is 11.5 Å². The van der Waals surface area contributed by atoms with Crippen LogP contribution in [0.1, 0.15) is 61.0 Å². The Kier molecular flexibility index (Phi) is 18.4. The van der Waals surface area contributed by atoms with E-state index in [2.05, 4.69) is 36.0 Å². The molecule has 6 rings (SSSR count). The summed E-state index contributed by atoms with van der Waals surface area (Å²) in [6, 6.07) is 32.9. The van der Waals surface area contributed by atoms with Gasteiger partial charge in [-0.25, -0.2) is 9.59 Å². The van der Waals surface area contributed by atoms with Gasteiger partial charge in [-0.05, 0) is 85.7 Å². The van der Waals surface area contributed by atoms with Gasteiger partial charge in [0.25, 0.3) is 11.7 Å². The van der Waals surface area contributed by atoms with Crippen LogP contribution in [0.25, 0.3) is 0 Å². The largest absolute Gasteiger partial charge is 0.697 e. The first kappa shape index (κ1) is 50.1. The Morgan fingerprint density at radius 1 is 0.831 bits per heavy atom. The number of amides is 1. The minimum atomic E-state index is -3.57. The fraction of sp³-hybridized carbons (Fsp3) is 0.362. The number of carbonyl (C=O) groups is 2. The van der Waals surface area contributed by atoms with Gasteiger partial charge in [0, 0.05) is 16.3 Å². The topological polar surface area (TPSA) is 206 Å². The number of aliphatic hydroxyl groups is 1. The van der Waals surface area contributed by atoms with Gasteiger partial charge in [-0.3, -0.25) is 9.36 Å². The van der Waals surface area contributed by atoms with Crippen LogP contribution in [0.15, 0.2) is 126 Å². The van der Waals surface area contributed by atoms with Crippen molar-refractivity contribution in [1.29, 1.82) is 0 Å². The Labute approximate surface area is 378 Å². The van der Waals surface area contributed by atoms with E-state index in [0.717, 1.165) is 4.57 Å². The van der Waals surface area contributed by atoms with Crippen LogP contribution in [0, 0.1) is 0 Å². The van der Waals surface area contributed by atoms with Gasteiger partial charge < -0.3 is 43.7 Å². The highest BCUT2D eigenvalue weighted by molar-refractivity contribution is 7.32. The quantitative estimate of drug-likeness (QED) is 0.0351. The average molecular weight is 916 g/mol. The van der Waals surface area contributed by atoms with E-state index in [9.17, 15) is 28.9 Å². The molecule has 1 aromatic heterocycles. The molecule has 0 spiro atoms. The van der Waals surface area contributed by atoms with Crippen molar-refractivity contribution >= 4 is 25.9 Å². The maximum absolute atomic E-state index is 13.6. The first-order chi connectivity index (χ1) is 31.4. The van der Waals surface area contributed by atoms with E-state index in [1.807, 2.05) is 30.3 Å². The molecule has 18 heteroatoms. The lowest BCUT2D eigenvalue weighted by Gasteiger charge is -2.37. The number of nitrogens with one attached hydrogen (secondary N) is 1. The molecule has 1 fully saturated rings. The van der Waals surface area contributed by atoms with Crippen molar-refractivity contribution in [3.05, 3.63) is 154 Å². The highest BCUT2D eigenvalue weighted by Crippen LogP contribution is 2.47. The first-order valence-corrected chi connectivity index (χ1v) is 22.2. The summed E-state index contributed by atoms with van der Waals surface area (Å²) in [6.07, 6.45) is -3.95. The Morgan fingerprint density at radius 3 is 1.85 bits per heavy atom. The Bertz CT molecular complexity index is 2300. The molecule has 0 radical (unpaired) electrons. The molecule has 1 amide bonds. The third-order valence-corrected chi connectivity index (χ3v) is 11.1. The van der Waals surface area contributed by atoms with E-state index in [4.69, 9.17) is 32.9 Å². The Balaban J connectivity index is 0.00000105. The highest BCUT2D eigenvalue weighted by Gasteiger charge is 2.64. The summed E-state index contributed by atoms with van der Waals surface area (Å²) >= 11 is 0. The van der Waals surface area contributed by atoms with Crippen LogP contribution in [0.4, 0.5) is 5.82 Å². The third-order valence-electron chi connectivity index (χ3n) is 10.7. The summed E-state index contributed by atoms with van der Waals surface area (Å²) in [5, 5.41) is 14.9. The molecule has 1 aliphatic rings. The number of nitrogens with zero attached hydrogens (tertiary/aromatic N) is 3. The zero-order valence-corrected chi connectivity index (χ0v) is 38.1. The first-order valence-electron chi connectivity index (χ1n) is 21.0. The van der Waals surface area contributed by atoms with Crippen molar-refractivity contribution in [2.45, 2.75) is 57.5 Å². The van der Waals surface area contributed by atoms with E-state index >= 15 is 0 Å². The maximum atomic E-state index is 13.6. The number of anilines is 1. The predicted molar refractivity (Wildman–Crippen MR) is 241 cm³/mol. The second-order valence-electron chi connectivity index (χ2n) is 14.4. The normalized spacial score (nSPS) is 18.3. The van der Waals surface area contributed by atoms with E-state index in [1.54, 1.807) is 85.8 Å². The molecule has 1 aliphatic heterocycles. The minimum Gasteiger partial charge on any atom is -0.497 e. The molecule has 1 unspecified atom stereocenters. The SMILES string of the molecule is CCN(CC)CC.CCOC(=O)CO[C@H]1[C@H](n2ccc(NC(=O)c3ccccc3)nc2=O)O[C@H](COC(c2ccccc2)(c2ccc(OC)cc2)c2ccc(OC)cc2)[C@@]1(O)O[P+](=O)O. The minimum absolute atomic E-state index is 0.00432. The number of rotatable bonds is 20. The van der Waals surface area contributed by atoms with Gasteiger partial charge in [0.2, 0.25) is 0 Å². The summed E-state index contributed by atoms with van der Waals surface area (Å²) in [5.41, 5.74) is -0.253. The fourth-order valence-corrected chi connectivity index (χ4v) is 7.76. The molecule has 0 saturated carbocycles. The number of methoxy groups -OCH3 is 2. The lowest BCUT2D eigenvalue weighted by Crippen LogP contribution is -2.53. The van der Waals surface area contributed by atoms with Crippen LogP contribution in [0.5, 0.6) is 11.5 Å². The van der Waals surface area contributed by atoms with Gasteiger partial charge >= 0.3 is 19.9 Å². The van der Waals surface area contributed by atoms with Gasteiger partial charge in [0.05, 0.1) is 27.4 Å². The summed E-state index contributed by atoms with van der Waals surface area (Å²) in [7, 11) is -0.496. The second kappa shape index (κ2) is 23.9. The Morgan fingerprint density at radius 2 is 1.37 bits per heavy atom. The van der Waals surface area contributed by atoms with Crippen LogP contribution >= 0.6 is 8.25 Å². The van der Waals surface area contributed by atoms with Crippen molar-refractivity contribution in [2.24, 2.45) is 0 Å². The standard InChI is InChI=1S/C41H40N3O13P.C6H15N/c1-4-53-35(45)26-54-36-38(44-24-23-34(43-39(44)47)42-37(46)27-11-7-5-8-12-27)56-33(41(36,48)57-58(49)50)25-55-40(28-13-9-6-10-14-28,29-15-19-31(51-2)20-16-29)30-17-21-32(52-3)22-18-30;1-4-7(5-2)6-3/h5-24,33,36,38,48H,4,25-26H2,1-3H3,(H-,42,43,46,47,49,50);4-6H2,1-3H3/p+1/t33-,36+,38-,41-;/m1./s1. The van der Waals surface area contributed by atoms with Gasteiger partial charge in [-0.1, -0.05) is 98.1 Å². The summed E-state index contributed by atoms with van der Waals surface area (Å²) in [6.45, 7) is 10.4. The summed E-state index contributed by atoms with van der Waals surface area (Å²) < 4.78 is 53.5. The number of aromatic nitrogens is 2. The molecule has 346 valence electrons. The van der Waals surface area contributed by atoms with Gasteiger partial charge in [-0.15, -0.1) is 4.89 Å². The molecule has 17 nitrogen and oxygen atoms in total. The van der Waals surface area contributed by atoms with Crippen molar-refractivity contribution in [3.63, 3.8) is 0 Å². The van der Waals surface area contributed by atoms with Crippen LogP contribution in [0.2, 0.25) is 0 Å². The molecule has 3 N–H and O–H groups in total. The fourth-order valence-electron chi connectivity index (χ4n) is 7.29. The van der Waals surface area contributed by atoms with Gasteiger partial charge in [0.15, 0.2) is 12.3 Å². The van der Waals surface area contributed by atoms with Crippen LogP contribution in [-0.4, -0.2) is 108 Å². The van der Waals surface area contributed by atoms with E-state index in [1.165, 1.54) is 46.1 Å². The zero-order chi connectivity index (χ0) is 47.0. The van der Waals surface area contributed by atoms with Crippen LogP contribution < -0.4 is 20.5 Å². The molecule has 1 saturated heterocycles. The van der Waals surface area contributed by atoms with Crippen molar-refractivity contribution in [2.75, 3.05) is 59.0 Å². The molecule has 2 heterocycles. The highest BCUT2D eigenvalue weighted by atomic mass is 31.1. The maximum Gasteiger partial charge on any atom is 0.697 e. The zero-order valence-electron chi connectivity index (χ0n) is 37.2. The van der Waals surface area contributed by atoms with Crippen LogP contribution in [-0.2, 0) is 38.4 Å². The molecule has 4 aromatic carbocycles. The number of carbonyl (C=O) groups excluding carboxylic acids is 2. The molecule has 0 bridgehead atoms. The predicted octanol–water partition coefficient (Wildman–Crippen LogP) is 6.07. The molecule has 5 atom stereocenters. The second-order valence-corrected chi connectivity index (χ2v) is 15.0. The van der Waals surface area contributed by atoms with Crippen molar-refractivity contribution in [1.82, 2.24) is 14.5 Å². The number of hydrogen-bond acceptors (Lipinski definition) is 14. The Hall–Kier alpha value is -5.88. The molecule has 5 aromatic rings. The van der Waals surface area contributed by atoms with Crippen LogP contribution in [0.3, 0.4) is 0 Å². The van der Waals surface area contributed by atoms with Crippen molar-refractivity contribution < 1.29 is 57.1 Å². The molecular formula is C47H56N4O13P+. The molecule has 0 aliphatic carbocycles. The monoisotopic (exact) mass is 915 g/mol. The van der Waals surface area contributed by atoms with Gasteiger partial charge in [0.1, 0.15) is 35.6 Å². The summed E-state index contributed by atoms with van der Waals surface area (Å²) in [4.78, 5) is 55.4. The third kappa shape index (κ3) is 12.3. The summed E-state index contributed by atoms with van der Waals surface area (Å²) in [5.74, 6) is -3.18. The van der Waals surface area contributed by atoms with E-state index in [0.29, 0.717) is 33.8 Å². The number of esters is 1. The lowest BCUT2D eigenvalue weighted by atomic mass is 9.80. The lowest BCUT2D eigenvalue weighted by molar-refractivity contribution is -0.234. The number of benzene rings is 4. The van der Waals surface area contributed by atoms with Gasteiger partial charge in [-0.2, -0.15) is 4.98 Å².